The van der Waals surface area contributed by atoms with Crippen LogP contribution in [0, 0.1) is 6.92 Å². The molecule has 1 heterocycles. The molecule has 2 rings (SSSR count). The number of aryl methyl sites for hydroxylation is 1. The normalized spacial score (nSPS) is 17.4. The number of primary sulfonamides is 1. The minimum Gasteiger partial charge on any atom is -0.481 e. The SMILES string of the molecule is Cc1oc(C(=O)NC2(CC(=O)O)CCCC2)cc1S(N)(=O)=O. The molecule has 0 aliphatic heterocycles. The molecule has 0 saturated heterocycles. The Kier molecular flexibility index (Phi) is 4.30. The fraction of sp³-hybridized carbons (Fsp3) is 0.538. The van der Waals surface area contributed by atoms with Gasteiger partial charge in [0.05, 0.1) is 12.0 Å². The highest BCUT2D eigenvalue weighted by Gasteiger charge is 2.38. The number of nitrogens with one attached hydrogen (secondary N) is 1. The van der Waals surface area contributed by atoms with E-state index in [1.54, 1.807) is 0 Å². The van der Waals surface area contributed by atoms with Gasteiger partial charge in [-0.15, -0.1) is 0 Å². The number of carbonyl (C=O) groups excluding carboxylic acids is 1. The van der Waals surface area contributed by atoms with Crippen molar-refractivity contribution in [2.45, 2.75) is 49.5 Å². The Hall–Kier alpha value is -1.87. The smallest absolute Gasteiger partial charge is 0.305 e. The maximum atomic E-state index is 12.2. The molecule has 1 fully saturated rings. The molecule has 1 aromatic rings. The van der Waals surface area contributed by atoms with Crippen molar-refractivity contribution in [1.82, 2.24) is 5.32 Å². The standard InChI is InChI=1S/C13H18N2O6S/c1-8-10(22(14,19)20)6-9(21-8)12(18)15-13(7-11(16)17)4-2-3-5-13/h6H,2-5,7H2,1H3,(H,15,18)(H,16,17)(H2,14,19,20). The molecule has 1 aromatic heterocycles. The van der Waals surface area contributed by atoms with E-state index in [9.17, 15) is 18.0 Å². The van der Waals surface area contributed by atoms with Gasteiger partial charge in [0, 0.05) is 6.07 Å². The molecule has 0 unspecified atom stereocenters. The summed E-state index contributed by atoms with van der Waals surface area (Å²) in [7, 11) is -3.98. The van der Waals surface area contributed by atoms with Crippen LogP contribution in [0.2, 0.25) is 0 Å². The van der Waals surface area contributed by atoms with Gasteiger partial charge in [0.1, 0.15) is 10.7 Å². The molecule has 0 aromatic carbocycles. The van der Waals surface area contributed by atoms with Crippen LogP contribution in [-0.4, -0.2) is 30.9 Å². The van der Waals surface area contributed by atoms with Crippen LogP contribution < -0.4 is 10.5 Å². The van der Waals surface area contributed by atoms with Crippen molar-refractivity contribution in [2.75, 3.05) is 0 Å². The van der Waals surface area contributed by atoms with Gasteiger partial charge in [-0.05, 0) is 19.8 Å². The number of aliphatic carboxylic acids is 1. The summed E-state index contributed by atoms with van der Waals surface area (Å²) in [6.07, 6.45) is 2.60. The predicted molar refractivity (Wildman–Crippen MR) is 75.7 cm³/mol. The molecular formula is C13H18N2O6S. The lowest BCUT2D eigenvalue weighted by atomic mass is 9.93. The van der Waals surface area contributed by atoms with E-state index in [0.29, 0.717) is 12.8 Å². The number of rotatable bonds is 5. The number of sulfonamides is 1. The maximum Gasteiger partial charge on any atom is 0.305 e. The molecular weight excluding hydrogens is 312 g/mol. The molecule has 1 aliphatic carbocycles. The lowest BCUT2D eigenvalue weighted by Gasteiger charge is -2.28. The average Bonchev–Trinajstić information content (AvgIpc) is 2.94. The van der Waals surface area contributed by atoms with Gasteiger partial charge in [0.25, 0.3) is 5.91 Å². The minimum atomic E-state index is -3.98. The second kappa shape index (κ2) is 5.73. The Bertz CT molecular complexity index is 700. The van der Waals surface area contributed by atoms with E-state index in [0.717, 1.165) is 18.9 Å². The van der Waals surface area contributed by atoms with Gasteiger partial charge >= 0.3 is 5.97 Å². The van der Waals surface area contributed by atoms with Crippen molar-refractivity contribution >= 4 is 21.9 Å². The topological polar surface area (TPSA) is 140 Å². The van der Waals surface area contributed by atoms with Crippen molar-refractivity contribution in [1.29, 1.82) is 0 Å². The van der Waals surface area contributed by atoms with E-state index in [-0.39, 0.29) is 22.8 Å². The van der Waals surface area contributed by atoms with Crippen molar-refractivity contribution in [3.05, 3.63) is 17.6 Å². The quantitative estimate of drug-likeness (QED) is 0.728. The molecule has 0 atom stereocenters. The fourth-order valence-corrected chi connectivity index (χ4v) is 3.56. The highest BCUT2D eigenvalue weighted by atomic mass is 32.2. The third-order valence-corrected chi connectivity index (χ3v) is 4.85. The molecule has 4 N–H and O–H groups in total. The molecule has 1 amide bonds. The fourth-order valence-electron chi connectivity index (χ4n) is 2.85. The summed E-state index contributed by atoms with van der Waals surface area (Å²) in [5.74, 6) is -1.81. The van der Waals surface area contributed by atoms with Crippen molar-refractivity contribution < 1.29 is 27.5 Å². The second-order valence-electron chi connectivity index (χ2n) is 5.59. The van der Waals surface area contributed by atoms with Crippen LogP contribution in [0.3, 0.4) is 0 Å². The highest BCUT2D eigenvalue weighted by Crippen LogP contribution is 2.33. The van der Waals surface area contributed by atoms with Crippen molar-refractivity contribution in [2.24, 2.45) is 5.14 Å². The number of furan rings is 1. The van der Waals surface area contributed by atoms with Gasteiger partial charge in [-0.3, -0.25) is 9.59 Å². The van der Waals surface area contributed by atoms with Gasteiger partial charge in [-0.25, -0.2) is 13.6 Å². The molecule has 9 heteroatoms. The zero-order valence-electron chi connectivity index (χ0n) is 12.1. The highest BCUT2D eigenvalue weighted by molar-refractivity contribution is 7.89. The van der Waals surface area contributed by atoms with E-state index >= 15 is 0 Å². The molecule has 1 saturated carbocycles. The Morgan fingerprint density at radius 1 is 1.41 bits per heavy atom. The number of carbonyl (C=O) groups is 2. The number of carboxylic acid groups (broad SMARTS) is 1. The van der Waals surface area contributed by atoms with Crippen LogP contribution in [0.25, 0.3) is 0 Å². The van der Waals surface area contributed by atoms with E-state index in [1.807, 2.05) is 0 Å². The lowest BCUT2D eigenvalue weighted by Crippen LogP contribution is -2.47. The predicted octanol–water partition coefficient (Wildman–Crippen LogP) is 0.753. The summed E-state index contributed by atoms with van der Waals surface area (Å²) in [5, 5.41) is 16.7. The summed E-state index contributed by atoms with van der Waals surface area (Å²) in [4.78, 5) is 23.0. The molecule has 1 aliphatic rings. The Balaban J connectivity index is 2.23. The molecule has 0 spiro atoms. The van der Waals surface area contributed by atoms with Crippen LogP contribution in [0.15, 0.2) is 15.4 Å². The van der Waals surface area contributed by atoms with Gasteiger partial charge in [0.2, 0.25) is 10.0 Å². The lowest BCUT2D eigenvalue weighted by molar-refractivity contribution is -0.138. The summed E-state index contributed by atoms with van der Waals surface area (Å²) in [6.45, 7) is 1.39. The number of carboxylic acids is 1. The van der Waals surface area contributed by atoms with Crippen LogP contribution in [0.5, 0.6) is 0 Å². The van der Waals surface area contributed by atoms with Crippen LogP contribution in [-0.2, 0) is 14.8 Å². The van der Waals surface area contributed by atoms with E-state index in [1.165, 1.54) is 6.92 Å². The number of amides is 1. The van der Waals surface area contributed by atoms with E-state index in [4.69, 9.17) is 14.7 Å². The van der Waals surface area contributed by atoms with E-state index in [2.05, 4.69) is 5.32 Å². The third-order valence-electron chi connectivity index (χ3n) is 3.83. The summed E-state index contributed by atoms with van der Waals surface area (Å²) < 4.78 is 27.8. The Morgan fingerprint density at radius 2 is 2.00 bits per heavy atom. The largest absolute Gasteiger partial charge is 0.481 e. The summed E-state index contributed by atoms with van der Waals surface area (Å²) >= 11 is 0. The van der Waals surface area contributed by atoms with Crippen LogP contribution >= 0.6 is 0 Å². The Labute approximate surface area is 127 Å². The molecule has 122 valence electrons. The Morgan fingerprint density at radius 3 is 2.45 bits per heavy atom. The first-order valence-electron chi connectivity index (χ1n) is 6.80. The van der Waals surface area contributed by atoms with Gasteiger partial charge in [-0.2, -0.15) is 0 Å². The first kappa shape index (κ1) is 16.5. The van der Waals surface area contributed by atoms with Crippen molar-refractivity contribution in [3.63, 3.8) is 0 Å². The zero-order chi connectivity index (χ0) is 16.5. The van der Waals surface area contributed by atoms with Gasteiger partial charge in [0.15, 0.2) is 5.76 Å². The van der Waals surface area contributed by atoms with E-state index < -0.39 is 27.4 Å². The van der Waals surface area contributed by atoms with Crippen LogP contribution in [0.1, 0.15) is 48.4 Å². The number of hydrogen-bond donors (Lipinski definition) is 3. The summed E-state index contributed by atoms with van der Waals surface area (Å²) in [5.41, 5.74) is -0.814. The van der Waals surface area contributed by atoms with Gasteiger partial charge < -0.3 is 14.8 Å². The van der Waals surface area contributed by atoms with Crippen molar-refractivity contribution in [3.8, 4) is 0 Å². The molecule has 0 bridgehead atoms. The average molecular weight is 330 g/mol. The monoisotopic (exact) mass is 330 g/mol. The third kappa shape index (κ3) is 3.47. The molecule has 22 heavy (non-hydrogen) atoms. The van der Waals surface area contributed by atoms with Gasteiger partial charge in [-0.1, -0.05) is 12.8 Å². The molecule has 0 radical (unpaired) electrons. The maximum absolute atomic E-state index is 12.2. The first-order valence-corrected chi connectivity index (χ1v) is 8.35. The number of hydrogen-bond acceptors (Lipinski definition) is 5. The minimum absolute atomic E-state index is 0.0198. The zero-order valence-corrected chi connectivity index (χ0v) is 12.9. The molecule has 8 nitrogen and oxygen atoms in total. The summed E-state index contributed by atoms with van der Waals surface area (Å²) in [6, 6.07) is 1.06. The number of nitrogens with two attached hydrogens (primary N) is 1. The van der Waals surface area contributed by atoms with Crippen LogP contribution in [0.4, 0.5) is 0 Å². The second-order valence-corrected chi connectivity index (χ2v) is 7.12. The first-order chi connectivity index (χ1) is 10.1.